The number of hydrogen-bond donors (Lipinski definition) is 1. The predicted molar refractivity (Wildman–Crippen MR) is 73.8 cm³/mol. The van der Waals surface area contributed by atoms with Gasteiger partial charge in [-0.1, -0.05) is 30.0 Å². The fraction of sp³-hybridized carbons (Fsp3) is 0.167. The van der Waals surface area contributed by atoms with E-state index in [1.165, 1.54) is 17.8 Å². The lowest BCUT2D eigenvalue weighted by Crippen LogP contribution is -1.98. The van der Waals surface area contributed by atoms with Gasteiger partial charge in [0.15, 0.2) is 5.16 Å². The number of nitro benzene ring substituents is 1. The Morgan fingerprint density at radius 3 is 2.79 bits per heavy atom. The fourth-order valence-corrected chi connectivity index (χ4v) is 2.49. The third-order valence-electron chi connectivity index (χ3n) is 2.40. The normalized spacial score (nSPS) is 10.4. The number of benzene rings is 1. The molecule has 1 aromatic heterocycles. The number of nitrogens with zero attached hydrogens (tertiary/aromatic N) is 3. The van der Waals surface area contributed by atoms with Crippen LogP contribution in [0.1, 0.15) is 11.3 Å². The summed E-state index contributed by atoms with van der Waals surface area (Å²) in [5.74, 6) is 0.831. The number of aryl methyl sites for hydroxylation is 1. The minimum absolute atomic E-state index is 0.107. The molecule has 0 bridgehead atoms. The highest BCUT2D eigenvalue weighted by Crippen LogP contribution is 2.26. The monoisotopic (exact) mass is 276 g/mol. The lowest BCUT2D eigenvalue weighted by Gasteiger charge is -2.03. The SMILES string of the molecule is Cc1cc(N)nc(SCc2ccccc2[N+](=O)[O-])n1. The largest absolute Gasteiger partial charge is 0.384 e. The third kappa shape index (κ3) is 3.41. The summed E-state index contributed by atoms with van der Waals surface area (Å²) in [5, 5.41) is 11.4. The Morgan fingerprint density at radius 1 is 1.37 bits per heavy atom. The molecular formula is C12H12N4O2S. The Morgan fingerprint density at radius 2 is 2.11 bits per heavy atom. The Kier molecular flexibility index (Phi) is 3.96. The first-order valence-electron chi connectivity index (χ1n) is 5.52. The molecule has 0 aliphatic heterocycles. The van der Waals surface area contributed by atoms with Gasteiger partial charge in [0.25, 0.3) is 5.69 Å². The van der Waals surface area contributed by atoms with E-state index in [0.717, 1.165) is 5.69 Å². The predicted octanol–water partition coefficient (Wildman–Crippen LogP) is 2.57. The number of thioether (sulfide) groups is 1. The van der Waals surface area contributed by atoms with Crippen LogP contribution in [0.5, 0.6) is 0 Å². The molecule has 1 heterocycles. The van der Waals surface area contributed by atoms with E-state index in [1.807, 2.05) is 6.92 Å². The topological polar surface area (TPSA) is 94.9 Å². The molecule has 0 aliphatic rings. The second-order valence-electron chi connectivity index (χ2n) is 3.89. The van der Waals surface area contributed by atoms with Gasteiger partial charge in [-0.05, 0) is 6.92 Å². The lowest BCUT2D eigenvalue weighted by molar-refractivity contribution is -0.385. The molecule has 0 radical (unpaired) electrons. The van der Waals surface area contributed by atoms with Crippen molar-refractivity contribution in [2.75, 3.05) is 5.73 Å². The zero-order valence-electron chi connectivity index (χ0n) is 10.2. The summed E-state index contributed by atoms with van der Waals surface area (Å²) in [4.78, 5) is 18.8. The van der Waals surface area contributed by atoms with Crippen LogP contribution in [0, 0.1) is 17.0 Å². The van der Waals surface area contributed by atoms with Crippen molar-refractivity contribution in [3.05, 3.63) is 51.7 Å². The third-order valence-corrected chi connectivity index (χ3v) is 3.29. The summed E-state index contributed by atoms with van der Waals surface area (Å²) in [7, 11) is 0. The van der Waals surface area contributed by atoms with Gasteiger partial charge < -0.3 is 5.73 Å². The van der Waals surface area contributed by atoms with Crippen LogP contribution in [-0.4, -0.2) is 14.9 Å². The molecule has 7 heteroatoms. The van der Waals surface area contributed by atoms with Crippen LogP contribution in [0.25, 0.3) is 0 Å². The summed E-state index contributed by atoms with van der Waals surface area (Å²) in [6.45, 7) is 1.83. The smallest absolute Gasteiger partial charge is 0.273 e. The molecule has 0 fully saturated rings. The molecule has 0 spiro atoms. The second kappa shape index (κ2) is 5.66. The quantitative estimate of drug-likeness (QED) is 0.399. The van der Waals surface area contributed by atoms with E-state index in [-0.39, 0.29) is 10.6 Å². The molecule has 0 saturated heterocycles. The number of rotatable bonds is 4. The Bertz CT molecular complexity index is 598. The number of hydrogen-bond acceptors (Lipinski definition) is 6. The lowest BCUT2D eigenvalue weighted by atomic mass is 10.2. The molecular weight excluding hydrogens is 264 g/mol. The molecule has 0 aliphatic carbocycles. The van der Waals surface area contributed by atoms with Crippen molar-refractivity contribution in [3.8, 4) is 0 Å². The average molecular weight is 276 g/mol. The molecule has 0 unspecified atom stereocenters. The van der Waals surface area contributed by atoms with Gasteiger partial charge in [0, 0.05) is 29.1 Å². The molecule has 19 heavy (non-hydrogen) atoms. The minimum atomic E-state index is -0.388. The van der Waals surface area contributed by atoms with Crippen molar-refractivity contribution in [1.82, 2.24) is 9.97 Å². The van der Waals surface area contributed by atoms with Crippen molar-refractivity contribution < 1.29 is 4.92 Å². The Balaban J connectivity index is 2.16. The highest BCUT2D eigenvalue weighted by atomic mass is 32.2. The van der Waals surface area contributed by atoms with E-state index < -0.39 is 0 Å². The molecule has 98 valence electrons. The van der Waals surface area contributed by atoms with E-state index in [9.17, 15) is 10.1 Å². The van der Waals surface area contributed by atoms with Crippen LogP contribution < -0.4 is 5.73 Å². The summed E-state index contributed by atoms with van der Waals surface area (Å²) < 4.78 is 0. The summed E-state index contributed by atoms with van der Waals surface area (Å²) in [6.07, 6.45) is 0. The number of nitro groups is 1. The zero-order valence-corrected chi connectivity index (χ0v) is 11.1. The van der Waals surface area contributed by atoms with Crippen LogP contribution in [0.2, 0.25) is 0 Å². The van der Waals surface area contributed by atoms with Crippen molar-refractivity contribution in [1.29, 1.82) is 0 Å². The summed E-state index contributed by atoms with van der Waals surface area (Å²) >= 11 is 1.33. The van der Waals surface area contributed by atoms with Crippen molar-refractivity contribution >= 4 is 23.3 Å². The van der Waals surface area contributed by atoms with Crippen molar-refractivity contribution in [2.24, 2.45) is 0 Å². The van der Waals surface area contributed by atoms with Gasteiger partial charge in [0.2, 0.25) is 0 Å². The number of para-hydroxylation sites is 1. The number of aromatic nitrogens is 2. The average Bonchev–Trinajstić information content (AvgIpc) is 2.35. The minimum Gasteiger partial charge on any atom is -0.384 e. The summed E-state index contributed by atoms with van der Waals surface area (Å²) in [5.41, 5.74) is 7.16. The van der Waals surface area contributed by atoms with E-state index in [1.54, 1.807) is 24.3 Å². The van der Waals surface area contributed by atoms with Gasteiger partial charge in [-0.3, -0.25) is 10.1 Å². The summed E-state index contributed by atoms with van der Waals surface area (Å²) in [6, 6.07) is 8.31. The van der Waals surface area contributed by atoms with Crippen molar-refractivity contribution in [2.45, 2.75) is 17.8 Å². The molecule has 0 amide bonds. The molecule has 0 atom stereocenters. The van der Waals surface area contributed by atoms with Gasteiger partial charge >= 0.3 is 0 Å². The molecule has 2 aromatic rings. The molecule has 2 rings (SSSR count). The first-order valence-corrected chi connectivity index (χ1v) is 6.51. The zero-order chi connectivity index (χ0) is 13.8. The van der Waals surface area contributed by atoms with E-state index in [0.29, 0.717) is 22.3 Å². The van der Waals surface area contributed by atoms with E-state index in [4.69, 9.17) is 5.73 Å². The van der Waals surface area contributed by atoms with Gasteiger partial charge in [-0.2, -0.15) is 0 Å². The maximum Gasteiger partial charge on any atom is 0.273 e. The Labute approximate surface area is 114 Å². The van der Waals surface area contributed by atoms with Crippen LogP contribution in [0.15, 0.2) is 35.5 Å². The first kappa shape index (κ1) is 13.3. The van der Waals surface area contributed by atoms with Crippen LogP contribution in [0.4, 0.5) is 11.5 Å². The molecule has 1 aromatic carbocycles. The Hall–Kier alpha value is -2.15. The number of nitrogen functional groups attached to an aromatic ring is 1. The van der Waals surface area contributed by atoms with Crippen LogP contribution >= 0.6 is 11.8 Å². The van der Waals surface area contributed by atoms with Gasteiger partial charge in [-0.15, -0.1) is 0 Å². The van der Waals surface area contributed by atoms with Crippen molar-refractivity contribution in [3.63, 3.8) is 0 Å². The van der Waals surface area contributed by atoms with E-state index in [2.05, 4.69) is 9.97 Å². The van der Waals surface area contributed by atoms with Gasteiger partial charge in [0.1, 0.15) is 5.82 Å². The van der Waals surface area contributed by atoms with Crippen LogP contribution in [0.3, 0.4) is 0 Å². The molecule has 0 saturated carbocycles. The van der Waals surface area contributed by atoms with Crippen LogP contribution in [-0.2, 0) is 5.75 Å². The number of nitrogens with two attached hydrogens (primary N) is 1. The van der Waals surface area contributed by atoms with Gasteiger partial charge in [0.05, 0.1) is 4.92 Å². The standard InChI is InChI=1S/C12H12N4O2S/c1-8-6-11(13)15-12(14-8)19-7-9-4-2-3-5-10(9)16(17)18/h2-6H,7H2,1H3,(H2,13,14,15). The fourth-order valence-electron chi connectivity index (χ4n) is 1.58. The maximum atomic E-state index is 10.9. The molecule has 2 N–H and O–H groups in total. The highest BCUT2D eigenvalue weighted by Gasteiger charge is 2.13. The second-order valence-corrected chi connectivity index (χ2v) is 4.83. The van der Waals surface area contributed by atoms with E-state index >= 15 is 0 Å². The molecule has 6 nitrogen and oxygen atoms in total. The highest BCUT2D eigenvalue weighted by molar-refractivity contribution is 7.98. The van der Waals surface area contributed by atoms with Gasteiger partial charge in [-0.25, -0.2) is 9.97 Å². The maximum absolute atomic E-state index is 10.9. The number of anilines is 1. The first-order chi connectivity index (χ1) is 9.06.